The number of rotatable bonds is 3. The Balaban J connectivity index is 1.42. The van der Waals surface area contributed by atoms with Gasteiger partial charge < -0.3 is 4.90 Å². The van der Waals surface area contributed by atoms with E-state index in [-0.39, 0.29) is 5.91 Å². The van der Waals surface area contributed by atoms with Crippen molar-refractivity contribution < 1.29 is 4.79 Å². The van der Waals surface area contributed by atoms with Crippen LogP contribution in [0.1, 0.15) is 33.9 Å². The van der Waals surface area contributed by atoms with Crippen molar-refractivity contribution in [2.75, 3.05) is 26.2 Å². The van der Waals surface area contributed by atoms with Crippen LogP contribution in [-0.2, 0) is 6.54 Å². The Kier molecular flexibility index (Phi) is 4.22. The van der Waals surface area contributed by atoms with Gasteiger partial charge in [0.25, 0.3) is 5.91 Å². The average Bonchev–Trinajstić information content (AvgIpc) is 3.30. The Labute approximate surface area is 144 Å². The van der Waals surface area contributed by atoms with Crippen molar-refractivity contribution in [1.29, 1.82) is 0 Å². The average molecular weight is 348 g/mol. The van der Waals surface area contributed by atoms with Crippen molar-refractivity contribution in [3.05, 3.63) is 39.0 Å². The quantitative estimate of drug-likeness (QED) is 0.854. The molecule has 23 heavy (non-hydrogen) atoms. The number of likely N-dealkylation sites (tertiary alicyclic amines) is 2. The zero-order chi connectivity index (χ0) is 15.7. The molecule has 2 aliphatic heterocycles. The lowest BCUT2D eigenvalue weighted by Gasteiger charge is -2.40. The van der Waals surface area contributed by atoms with Crippen molar-refractivity contribution in [2.45, 2.75) is 25.8 Å². The van der Waals surface area contributed by atoms with E-state index in [0.717, 1.165) is 44.0 Å². The van der Waals surface area contributed by atoms with Gasteiger partial charge in [0.2, 0.25) is 0 Å². The van der Waals surface area contributed by atoms with Crippen LogP contribution in [-0.4, -0.2) is 46.9 Å². The van der Waals surface area contributed by atoms with Crippen LogP contribution in [0, 0.1) is 5.41 Å². The highest BCUT2D eigenvalue weighted by Crippen LogP contribution is 2.40. The third kappa shape index (κ3) is 3.20. The van der Waals surface area contributed by atoms with Gasteiger partial charge in [0.1, 0.15) is 5.01 Å². The number of thiazole rings is 1. The SMILES string of the molecule is O=C(c1cccs1)N1CCC[C@]2(CCN(Cc3nccs3)C2)C1. The molecule has 1 atom stereocenters. The molecule has 1 amide bonds. The molecule has 0 bridgehead atoms. The molecule has 4 heterocycles. The van der Waals surface area contributed by atoms with E-state index in [1.165, 1.54) is 17.8 Å². The van der Waals surface area contributed by atoms with Gasteiger partial charge in [-0.15, -0.1) is 22.7 Å². The first-order chi connectivity index (χ1) is 11.2. The number of hydrogen-bond acceptors (Lipinski definition) is 5. The molecule has 2 aromatic heterocycles. The molecule has 4 nitrogen and oxygen atoms in total. The van der Waals surface area contributed by atoms with Gasteiger partial charge in [-0.2, -0.15) is 0 Å². The summed E-state index contributed by atoms with van der Waals surface area (Å²) in [6, 6.07) is 3.90. The fraction of sp³-hybridized carbons (Fsp3) is 0.529. The predicted octanol–water partition coefficient (Wildman–Crippen LogP) is 3.33. The lowest BCUT2D eigenvalue weighted by atomic mass is 9.79. The molecule has 4 rings (SSSR count). The minimum atomic E-state index is 0.220. The molecule has 6 heteroatoms. The highest BCUT2D eigenvalue weighted by molar-refractivity contribution is 7.12. The van der Waals surface area contributed by atoms with Gasteiger partial charge in [0, 0.05) is 36.6 Å². The maximum atomic E-state index is 12.7. The number of carbonyl (C=O) groups is 1. The van der Waals surface area contributed by atoms with E-state index in [2.05, 4.69) is 14.8 Å². The minimum absolute atomic E-state index is 0.220. The summed E-state index contributed by atoms with van der Waals surface area (Å²) < 4.78 is 0. The standard InChI is InChI=1S/C17H21N3OS2/c21-16(14-3-1-9-22-14)20-7-2-4-17(13-20)5-8-19(12-17)11-15-18-6-10-23-15/h1,3,6,9-10H,2,4-5,7-8,11-13H2/t17-/m1/s1. The zero-order valence-corrected chi connectivity index (χ0v) is 14.7. The van der Waals surface area contributed by atoms with Gasteiger partial charge in [-0.1, -0.05) is 6.07 Å². The van der Waals surface area contributed by atoms with E-state index in [0.29, 0.717) is 5.41 Å². The van der Waals surface area contributed by atoms with Crippen LogP contribution in [0.4, 0.5) is 0 Å². The first kappa shape index (κ1) is 15.3. The Bertz CT molecular complexity index is 655. The summed E-state index contributed by atoms with van der Waals surface area (Å²) in [5.74, 6) is 0.220. The van der Waals surface area contributed by atoms with Crippen LogP contribution in [0.25, 0.3) is 0 Å². The molecule has 0 radical (unpaired) electrons. The molecule has 0 aliphatic carbocycles. The van der Waals surface area contributed by atoms with Gasteiger partial charge in [-0.3, -0.25) is 9.69 Å². The van der Waals surface area contributed by atoms with Crippen molar-refractivity contribution >= 4 is 28.6 Å². The zero-order valence-electron chi connectivity index (χ0n) is 13.1. The first-order valence-electron chi connectivity index (χ1n) is 8.18. The molecule has 0 unspecified atom stereocenters. The van der Waals surface area contributed by atoms with Crippen molar-refractivity contribution in [3.63, 3.8) is 0 Å². The fourth-order valence-electron chi connectivity index (χ4n) is 3.96. The summed E-state index contributed by atoms with van der Waals surface area (Å²) in [6.07, 6.45) is 5.46. The topological polar surface area (TPSA) is 36.4 Å². The van der Waals surface area contributed by atoms with Crippen LogP contribution in [0.3, 0.4) is 0 Å². The van der Waals surface area contributed by atoms with Gasteiger partial charge >= 0.3 is 0 Å². The van der Waals surface area contributed by atoms with E-state index in [9.17, 15) is 4.79 Å². The predicted molar refractivity (Wildman–Crippen MR) is 93.9 cm³/mol. The summed E-state index contributed by atoms with van der Waals surface area (Å²) in [7, 11) is 0. The molecular formula is C17H21N3OS2. The van der Waals surface area contributed by atoms with Gasteiger partial charge in [0.15, 0.2) is 0 Å². The Morgan fingerprint density at radius 2 is 2.17 bits per heavy atom. The second-order valence-corrected chi connectivity index (χ2v) is 8.62. The molecule has 2 aliphatic rings. The van der Waals surface area contributed by atoms with Crippen molar-refractivity contribution in [3.8, 4) is 0 Å². The second-order valence-electron chi connectivity index (χ2n) is 6.69. The summed E-state index contributed by atoms with van der Waals surface area (Å²) in [5.41, 5.74) is 0.294. The van der Waals surface area contributed by atoms with E-state index in [1.807, 2.05) is 29.1 Å². The maximum Gasteiger partial charge on any atom is 0.263 e. The van der Waals surface area contributed by atoms with Crippen LogP contribution < -0.4 is 0 Å². The van der Waals surface area contributed by atoms with Gasteiger partial charge in [-0.25, -0.2) is 4.98 Å². The summed E-state index contributed by atoms with van der Waals surface area (Å²) in [5, 5.41) is 5.23. The van der Waals surface area contributed by atoms with E-state index in [1.54, 1.807) is 22.7 Å². The number of carbonyl (C=O) groups excluding carboxylic acids is 1. The van der Waals surface area contributed by atoms with Crippen molar-refractivity contribution in [2.24, 2.45) is 5.41 Å². The van der Waals surface area contributed by atoms with Crippen LogP contribution in [0.15, 0.2) is 29.1 Å². The van der Waals surface area contributed by atoms with Gasteiger partial charge in [-0.05, 0) is 37.3 Å². The van der Waals surface area contributed by atoms with E-state index >= 15 is 0 Å². The highest BCUT2D eigenvalue weighted by Gasteiger charge is 2.42. The third-order valence-electron chi connectivity index (χ3n) is 5.04. The highest BCUT2D eigenvalue weighted by atomic mass is 32.1. The summed E-state index contributed by atoms with van der Waals surface area (Å²) >= 11 is 3.28. The number of amides is 1. The van der Waals surface area contributed by atoms with Crippen LogP contribution in [0.5, 0.6) is 0 Å². The largest absolute Gasteiger partial charge is 0.337 e. The first-order valence-corrected chi connectivity index (χ1v) is 9.94. The van der Waals surface area contributed by atoms with E-state index < -0.39 is 0 Å². The maximum absolute atomic E-state index is 12.7. The molecule has 0 aromatic carbocycles. The number of hydrogen-bond donors (Lipinski definition) is 0. The van der Waals surface area contributed by atoms with Gasteiger partial charge in [0.05, 0.1) is 11.4 Å². The smallest absolute Gasteiger partial charge is 0.263 e. The Hall–Kier alpha value is -1.24. The molecule has 122 valence electrons. The fourth-order valence-corrected chi connectivity index (χ4v) is 5.30. The van der Waals surface area contributed by atoms with E-state index in [4.69, 9.17) is 0 Å². The molecule has 2 aromatic rings. The number of thiophene rings is 1. The summed E-state index contributed by atoms with van der Waals surface area (Å²) in [6.45, 7) is 5.00. The molecular weight excluding hydrogens is 326 g/mol. The van der Waals surface area contributed by atoms with Crippen LogP contribution >= 0.6 is 22.7 Å². The lowest BCUT2D eigenvalue weighted by Crippen LogP contribution is -2.47. The Morgan fingerprint density at radius 3 is 2.96 bits per heavy atom. The molecule has 2 fully saturated rings. The number of nitrogens with zero attached hydrogens (tertiary/aromatic N) is 3. The molecule has 2 saturated heterocycles. The normalized spacial score (nSPS) is 25.3. The Morgan fingerprint density at radius 1 is 1.22 bits per heavy atom. The monoisotopic (exact) mass is 347 g/mol. The minimum Gasteiger partial charge on any atom is -0.337 e. The molecule has 1 spiro atoms. The second kappa shape index (κ2) is 6.34. The molecule has 0 saturated carbocycles. The number of aromatic nitrogens is 1. The lowest BCUT2D eigenvalue weighted by molar-refractivity contribution is 0.0531. The number of piperidine rings is 1. The van der Waals surface area contributed by atoms with Crippen molar-refractivity contribution in [1.82, 2.24) is 14.8 Å². The third-order valence-corrected chi connectivity index (χ3v) is 6.66. The molecule has 0 N–H and O–H groups in total. The summed E-state index contributed by atoms with van der Waals surface area (Å²) in [4.78, 5) is 22.5. The van der Waals surface area contributed by atoms with Crippen LogP contribution in [0.2, 0.25) is 0 Å².